The number of carbonyl (C=O) groups excluding carboxylic acids is 2. The molecule has 3 rings (SSSR count). The molecule has 0 fully saturated rings. The number of aliphatic carboxylic acids is 1. The Morgan fingerprint density at radius 3 is 2.12 bits per heavy atom. The van der Waals surface area contributed by atoms with Gasteiger partial charge in [0.1, 0.15) is 6.61 Å². The second-order valence-electron chi connectivity index (χ2n) is 8.24. The number of rotatable bonds is 11. The fraction of sp³-hybridized carbons (Fsp3) is 0.400. The molecule has 8 heteroatoms. The van der Waals surface area contributed by atoms with Crippen LogP contribution in [0.4, 0.5) is 4.79 Å². The number of amides is 2. The van der Waals surface area contributed by atoms with Gasteiger partial charge < -0.3 is 25.6 Å². The molecule has 0 aliphatic heterocycles. The van der Waals surface area contributed by atoms with Crippen molar-refractivity contribution in [1.29, 1.82) is 0 Å². The summed E-state index contributed by atoms with van der Waals surface area (Å²) in [5.41, 5.74) is 4.60. The molecule has 0 spiro atoms. The van der Waals surface area contributed by atoms with Crippen LogP contribution in [0.15, 0.2) is 48.5 Å². The van der Waals surface area contributed by atoms with Crippen molar-refractivity contribution in [3.05, 3.63) is 59.7 Å². The molecule has 1 aliphatic rings. The Morgan fingerprint density at radius 2 is 1.55 bits per heavy atom. The monoisotopic (exact) mass is 454 g/mol. The van der Waals surface area contributed by atoms with Gasteiger partial charge in [-0.05, 0) is 28.2 Å². The second kappa shape index (κ2) is 11.5. The minimum absolute atomic E-state index is 0.0203. The van der Waals surface area contributed by atoms with Gasteiger partial charge >= 0.3 is 12.1 Å². The minimum atomic E-state index is -1.13. The van der Waals surface area contributed by atoms with Crippen molar-refractivity contribution in [3.8, 4) is 11.1 Å². The summed E-state index contributed by atoms with van der Waals surface area (Å²) in [5.74, 6) is -1.56. The third kappa shape index (κ3) is 6.55. The first-order chi connectivity index (χ1) is 15.9. The van der Waals surface area contributed by atoms with Crippen molar-refractivity contribution in [2.24, 2.45) is 5.92 Å². The topological polar surface area (TPSA) is 125 Å². The molecule has 0 bridgehead atoms. The molecule has 8 nitrogen and oxygen atoms in total. The Kier molecular flexibility index (Phi) is 8.43. The zero-order valence-corrected chi connectivity index (χ0v) is 18.6. The van der Waals surface area contributed by atoms with Crippen LogP contribution >= 0.6 is 0 Å². The third-order valence-corrected chi connectivity index (χ3v) is 5.88. The largest absolute Gasteiger partial charge is 0.481 e. The second-order valence-corrected chi connectivity index (χ2v) is 8.24. The summed E-state index contributed by atoms with van der Waals surface area (Å²) in [6.45, 7) is 2.29. The minimum Gasteiger partial charge on any atom is -0.481 e. The number of nitrogens with one attached hydrogen (secondary N) is 2. The molecule has 2 amide bonds. The molecule has 0 radical (unpaired) electrons. The van der Waals surface area contributed by atoms with Crippen LogP contribution in [0.1, 0.15) is 43.2 Å². The van der Waals surface area contributed by atoms with Crippen molar-refractivity contribution in [1.82, 2.24) is 10.6 Å². The normalized spacial score (nSPS) is 14.0. The van der Waals surface area contributed by atoms with E-state index in [2.05, 4.69) is 34.9 Å². The van der Waals surface area contributed by atoms with Crippen LogP contribution in [0.2, 0.25) is 0 Å². The zero-order valence-electron chi connectivity index (χ0n) is 18.6. The number of alkyl carbamates (subject to hydrolysis) is 1. The standard InChI is InChI=1S/C25H30N2O6/c1-2-16(11-23(29)26-14-17(28)12-24(30)31)13-27-25(32)33-15-22-20-9-5-3-7-18(20)19-8-4-6-10-21(19)22/h3-10,16-17,22,28H,2,11-15H2,1H3,(H,26,29)(H,27,32)(H,30,31). The van der Waals surface area contributed by atoms with E-state index >= 15 is 0 Å². The molecular weight excluding hydrogens is 424 g/mol. The number of hydrogen-bond acceptors (Lipinski definition) is 5. The fourth-order valence-electron chi connectivity index (χ4n) is 4.08. The van der Waals surface area contributed by atoms with E-state index in [0.29, 0.717) is 6.42 Å². The van der Waals surface area contributed by atoms with E-state index in [1.165, 1.54) is 0 Å². The summed E-state index contributed by atoms with van der Waals surface area (Å²) in [6, 6.07) is 16.2. The lowest BCUT2D eigenvalue weighted by Gasteiger charge is -2.18. The number of aliphatic hydroxyl groups excluding tert-OH is 1. The number of carboxylic acids is 1. The molecule has 2 aromatic carbocycles. The molecule has 2 aromatic rings. The van der Waals surface area contributed by atoms with Gasteiger partial charge in [-0.1, -0.05) is 61.9 Å². The molecule has 2 atom stereocenters. The SMILES string of the molecule is CCC(CNC(=O)OCC1c2ccccc2-c2ccccc21)CC(=O)NCC(O)CC(=O)O. The van der Waals surface area contributed by atoms with E-state index in [1.54, 1.807) is 0 Å². The lowest BCUT2D eigenvalue weighted by molar-refractivity contribution is -0.139. The quantitative estimate of drug-likeness (QED) is 0.414. The summed E-state index contributed by atoms with van der Waals surface area (Å²) < 4.78 is 5.52. The first kappa shape index (κ1) is 24.3. The number of carbonyl (C=O) groups is 3. The van der Waals surface area contributed by atoms with Gasteiger partial charge in [-0.3, -0.25) is 9.59 Å². The van der Waals surface area contributed by atoms with Gasteiger partial charge in [-0.25, -0.2) is 4.79 Å². The van der Waals surface area contributed by atoms with Gasteiger partial charge in [0.2, 0.25) is 5.91 Å². The van der Waals surface area contributed by atoms with E-state index in [4.69, 9.17) is 9.84 Å². The number of aliphatic hydroxyl groups is 1. The highest BCUT2D eigenvalue weighted by Crippen LogP contribution is 2.44. The van der Waals surface area contributed by atoms with Gasteiger partial charge in [0.25, 0.3) is 0 Å². The smallest absolute Gasteiger partial charge is 0.407 e. The maximum atomic E-state index is 12.3. The van der Waals surface area contributed by atoms with E-state index in [0.717, 1.165) is 22.3 Å². The van der Waals surface area contributed by atoms with Crippen LogP contribution in [0.25, 0.3) is 11.1 Å². The molecule has 0 heterocycles. The highest BCUT2D eigenvalue weighted by Gasteiger charge is 2.29. The van der Waals surface area contributed by atoms with Crippen molar-refractivity contribution >= 4 is 18.0 Å². The van der Waals surface area contributed by atoms with Crippen molar-refractivity contribution in [2.45, 2.75) is 38.2 Å². The molecule has 0 saturated heterocycles. The molecule has 0 saturated carbocycles. The lowest BCUT2D eigenvalue weighted by atomic mass is 9.98. The Morgan fingerprint density at radius 1 is 0.939 bits per heavy atom. The molecule has 0 aromatic heterocycles. The maximum Gasteiger partial charge on any atom is 0.407 e. The van der Waals surface area contributed by atoms with Crippen LogP contribution < -0.4 is 10.6 Å². The van der Waals surface area contributed by atoms with Crippen molar-refractivity contribution in [2.75, 3.05) is 19.7 Å². The summed E-state index contributed by atoms with van der Waals surface area (Å²) in [4.78, 5) is 35.0. The van der Waals surface area contributed by atoms with E-state index in [9.17, 15) is 19.5 Å². The molecule has 176 valence electrons. The first-order valence-electron chi connectivity index (χ1n) is 11.1. The van der Waals surface area contributed by atoms with Gasteiger partial charge in [-0.15, -0.1) is 0 Å². The van der Waals surface area contributed by atoms with E-state index in [1.807, 2.05) is 31.2 Å². The number of fused-ring (bicyclic) bond motifs is 3. The fourth-order valence-corrected chi connectivity index (χ4v) is 4.08. The third-order valence-electron chi connectivity index (χ3n) is 5.88. The highest BCUT2D eigenvalue weighted by atomic mass is 16.5. The maximum absolute atomic E-state index is 12.3. The predicted octanol–water partition coefficient (Wildman–Crippen LogP) is 2.89. The first-order valence-corrected chi connectivity index (χ1v) is 11.1. The number of benzene rings is 2. The summed E-state index contributed by atoms with van der Waals surface area (Å²) >= 11 is 0. The molecule has 33 heavy (non-hydrogen) atoms. The van der Waals surface area contributed by atoms with Crippen LogP contribution in [0.3, 0.4) is 0 Å². The molecular formula is C25H30N2O6. The van der Waals surface area contributed by atoms with Crippen LogP contribution in [0, 0.1) is 5.92 Å². The highest BCUT2D eigenvalue weighted by molar-refractivity contribution is 5.79. The van der Waals surface area contributed by atoms with E-state index < -0.39 is 24.6 Å². The van der Waals surface area contributed by atoms with E-state index in [-0.39, 0.29) is 43.9 Å². The van der Waals surface area contributed by atoms with Crippen LogP contribution in [0.5, 0.6) is 0 Å². The average Bonchev–Trinajstić information content (AvgIpc) is 3.12. The number of ether oxygens (including phenoxy) is 1. The van der Waals surface area contributed by atoms with Gasteiger partial charge in [-0.2, -0.15) is 0 Å². The molecule has 1 aliphatic carbocycles. The Bertz CT molecular complexity index is 947. The average molecular weight is 455 g/mol. The van der Waals surface area contributed by atoms with Gasteiger partial charge in [0, 0.05) is 25.4 Å². The molecule has 2 unspecified atom stereocenters. The Labute approximate surface area is 193 Å². The van der Waals surface area contributed by atoms with Crippen LogP contribution in [-0.2, 0) is 14.3 Å². The lowest BCUT2D eigenvalue weighted by Crippen LogP contribution is -2.36. The Balaban J connectivity index is 1.45. The zero-order chi connectivity index (χ0) is 23.8. The number of hydrogen-bond donors (Lipinski definition) is 4. The van der Waals surface area contributed by atoms with Gasteiger partial charge in [0.05, 0.1) is 12.5 Å². The molecule has 4 N–H and O–H groups in total. The van der Waals surface area contributed by atoms with Crippen LogP contribution in [-0.4, -0.2) is 54.0 Å². The van der Waals surface area contributed by atoms with Crippen molar-refractivity contribution < 1.29 is 29.3 Å². The summed E-state index contributed by atoms with van der Waals surface area (Å²) in [5, 5.41) is 23.4. The number of carboxylic acid groups (broad SMARTS) is 1. The predicted molar refractivity (Wildman–Crippen MR) is 123 cm³/mol. The van der Waals surface area contributed by atoms with Crippen molar-refractivity contribution in [3.63, 3.8) is 0 Å². The Hall–Kier alpha value is -3.39. The van der Waals surface area contributed by atoms with Gasteiger partial charge in [0.15, 0.2) is 0 Å². The summed E-state index contributed by atoms with van der Waals surface area (Å²) in [7, 11) is 0. The summed E-state index contributed by atoms with van der Waals surface area (Å²) in [6.07, 6.45) is -1.28.